The van der Waals surface area contributed by atoms with Crippen LogP contribution in [0.5, 0.6) is 0 Å². The molecule has 1 fully saturated rings. The molecule has 25 heavy (non-hydrogen) atoms. The van der Waals surface area contributed by atoms with E-state index in [2.05, 4.69) is 74.3 Å². The molecule has 0 radical (unpaired) electrons. The second-order valence-corrected chi connectivity index (χ2v) is 8.25. The summed E-state index contributed by atoms with van der Waals surface area (Å²) in [6.45, 7) is 6.38. The molecule has 2 aromatic rings. The average Bonchev–Trinajstić information content (AvgIpc) is 2.83. The van der Waals surface area contributed by atoms with Gasteiger partial charge in [0.1, 0.15) is 0 Å². The van der Waals surface area contributed by atoms with Crippen molar-refractivity contribution < 1.29 is 4.74 Å². The van der Waals surface area contributed by atoms with Gasteiger partial charge in [-0.15, -0.1) is 0 Å². The molecule has 2 unspecified atom stereocenters. The van der Waals surface area contributed by atoms with Gasteiger partial charge in [0.05, 0.1) is 19.3 Å². The Morgan fingerprint density at radius 2 is 1.80 bits per heavy atom. The van der Waals surface area contributed by atoms with Crippen LogP contribution < -0.4 is 0 Å². The van der Waals surface area contributed by atoms with Crippen LogP contribution in [0.1, 0.15) is 37.0 Å². The van der Waals surface area contributed by atoms with Crippen LogP contribution in [0.3, 0.4) is 0 Å². The molecule has 2 aromatic carbocycles. The normalized spacial score (nSPS) is 26.8. The van der Waals surface area contributed by atoms with E-state index < -0.39 is 0 Å². The standard InChI is InChI=1S/C23H25NO/c1-23(2)21-7-5-4-6-19(21)20-9-8-15(12-22(20)23)16-10-17-13-25-14-18(11-16)24(17)3/h4-10,12,17-18H,11,13-14H2,1-3H3. The van der Waals surface area contributed by atoms with Gasteiger partial charge in [-0.05, 0) is 52.9 Å². The van der Waals surface area contributed by atoms with E-state index in [0.717, 1.165) is 19.6 Å². The van der Waals surface area contributed by atoms with E-state index in [4.69, 9.17) is 4.74 Å². The molecule has 2 aliphatic heterocycles. The lowest BCUT2D eigenvalue weighted by atomic mass is 9.81. The second-order valence-electron chi connectivity index (χ2n) is 8.25. The van der Waals surface area contributed by atoms with Crippen LogP contribution in [-0.4, -0.2) is 37.2 Å². The Bertz CT molecular complexity index is 879. The van der Waals surface area contributed by atoms with Crippen LogP contribution in [0.25, 0.3) is 16.7 Å². The summed E-state index contributed by atoms with van der Waals surface area (Å²) in [7, 11) is 2.23. The summed E-state index contributed by atoms with van der Waals surface area (Å²) in [5.41, 5.74) is 8.68. The van der Waals surface area contributed by atoms with Crippen molar-refractivity contribution in [1.82, 2.24) is 4.90 Å². The van der Waals surface area contributed by atoms with Crippen molar-refractivity contribution in [1.29, 1.82) is 0 Å². The molecule has 0 aromatic heterocycles. The number of morpholine rings is 1. The largest absolute Gasteiger partial charge is 0.378 e. The number of ether oxygens (including phenoxy) is 1. The third kappa shape index (κ3) is 2.17. The van der Waals surface area contributed by atoms with Crippen molar-refractivity contribution in [3.8, 4) is 11.1 Å². The van der Waals surface area contributed by atoms with Crippen LogP contribution in [0.2, 0.25) is 0 Å². The molecule has 3 aliphatic rings. The Kier molecular flexibility index (Phi) is 3.25. The fourth-order valence-electron chi connectivity index (χ4n) is 4.87. The Morgan fingerprint density at radius 3 is 2.64 bits per heavy atom. The molecule has 128 valence electrons. The number of benzene rings is 2. The summed E-state index contributed by atoms with van der Waals surface area (Å²) >= 11 is 0. The van der Waals surface area contributed by atoms with Crippen LogP contribution in [0.4, 0.5) is 0 Å². The molecule has 2 heterocycles. The zero-order chi connectivity index (χ0) is 17.2. The smallest absolute Gasteiger partial charge is 0.0658 e. The van der Waals surface area contributed by atoms with Gasteiger partial charge in [0.25, 0.3) is 0 Å². The Morgan fingerprint density at radius 1 is 1.00 bits per heavy atom. The summed E-state index contributed by atoms with van der Waals surface area (Å²) in [5.74, 6) is 0. The SMILES string of the molecule is CN1C2C=C(c3ccc4c(c3)C(C)(C)c3ccccc3-4)CC1COC2. The summed E-state index contributed by atoms with van der Waals surface area (Å²) in [5, 5.41) is 0. The van der Waals surface area contributed by atoms with E-state index in [0.29, 0.717) is 12.1 Å². The minimum absolute atomic E-state index is 0.0763. The second kappa shape index (κ2) is 5.30. The first kappa shape index (κ1) is 15.4. The van der Waals surface area contributed by atoms with Gasteiger partial charge in [-0.25, -0.2) is 0 Å². The Hall–Kier alpha value is -1.90. The van der Waals surface area contributed by atoms with E-state index in [9.17, 15) is 0 Å². The highest BCUT2D eigenvalue weighted by Gasteiger charge is 2.36. The summed E-state index contributed by atoms with van der Waals surface area (Å²) < 4.78 is 5.75. The van der Waals surface area contributed by atoms with Crippen LogP contribution >= 0.6 is 0 Å². The maximum absolute atomic E-state index is 5.75. The van der Waals surface area contributed by atoms with Gasteiger partial charge >= 0.3 is 0 Å². The van der Waals surface area contributed by atoms with Crippen molar-refractivity contribution in [2.45, 2.75) is 37.8 Å². The van der Waals surface area contributed by atoms with Gasteiger partial charge in [-0.3, -0.25) is 4.90 Å². The summed E-state index contributed by atoms with van der Waals surface area (Å²) in [4.78, 5) is 2.47. The van der Waals surface area contributed by atoms with Crippen LogP contribution in [0.15, 0.2) is 48.5 Å². The molecule has 2 heteroatoms. The molecule has 5 rings (SSSR count). The van der Waals surface area contributed by atoms with Crippen molar-refractivity contribution >= 4 is 5.57 Å². The Balaban J connectivity index is 1.60. The van der Waals surface area contributed by atoms with Crippen molar-refractivity contribution in [3.63, 3.8) is 0 Å². The lowest BCUT2D eigenvalue weighted by Crippen LogP contribution is -2.51. The monoisotopic (exact) mass is 331 g/mol. The fraction of sp³-hybridized carbons (Fsp3) is 0.391. The predicted molar refractivity (Wildman–Crippen MR) is 103 cm³/mol. The van der Waals surface area contributed by atoms with Gasteiger partial charge in [-0.1, -0.05) is 56.3 Å². The molecule has 0 N–H and O–H groups in total. The third-order valence-electron chi connectivity index (χ3n) is 6.50. The quantitative estimate of drug-likeness (QED) is 0.764. The number of rotatable bonds is 1. The molecule has 0 saturated carbocycles. The van der Waals surface area contributed by atoms with Gasteiger partial charge < -0.3 is 4.74 Å². The first-order valence-electron chi connectivity index (χ1n) is 9.31. The minimum atomic E-state index is 0.0763. The van der Waals surface area contributed by atoms with Gasteiger partial charge in [0, 0.05) is 11.5 Å². The first-order chi connectivity index (χ1) is 12.1. The Labute approximate surface area is 150 Å². The van der Waals surface area contributed by atoms with Crippen molar-refractivity contribution in [2.75, 3.05) is 20.3 Å². The molecule has 1 aliphatic carbocycles. The zero-order valence-electron chi connectivity index (χ0n) is 15.3. The van der Waals surface area contributed by atoms with E-state index in [1.165, 1.54) is 33.4 Å². The molecular formula is C23H25NO. The van der Waals surface area contributed by atoms with Crippen LogP contribution in [-0.2, 0) is 10.2 Å². The van der Waals surface area contributed by atoms with E-state index in [1.54, 1.807) is 0 Å². The van der Waals surface area contributed by atoms with Gasteiger partial charge in [0.2, 0.25) is 0 Å². The molecular weight excluding hydrogens is 306 g/mol. The highest BCUT2D eigenvalue weighted by molar-refractivity contribution is 5.83. The van der Waals surface area contributed by atoms with Crippen LogP contribution in [0, 0.1) is 0 Å². The number of hydrogen-bond acceptors (Lipinski definition) is 2. The molecule has 0 amide bonds. The molecule has 1 saturated heterocycles. The lowest BCUT2D eigenvalue weighted by molar-refractivity contribution is -0.0221. The summed E-state index contributed by atoms with van der Waals surface area (Å²) in [6.07, 6.45) is 3.51. The number of likely N-dealkylation sites (N-methyl/N-ethyl adjacent to an activating group) is 1. The van der Waals surface area contributed by atoms with E-state index >= 15 is 0 Å². The number of hydrogen-bond donors (Lipinski definition) is 0. The van der Waals surface area contributed by atoms with Crippen molar-refractivity contribution in [3.05, 3.63) is 65.2 Å². The maximum atomic E-state index is 5.75. The number of fused-ring (bicyclic) bond motifs is 5. The molecule has 2 nitrogen and oxygen atoms in total. The minimum Gasteiger partial charge on any atom is -0.378 e. The van der Waals surface area contributed by atoms with Gasteiger partial charge in [0.15, 0.2) is 0 Å². The molecule has 2 bridgehead atoms. The highest BCUT2D eigenvalue weighted by Crippen LogP contribution is 2.49. The summed E-state index contributed by atoms with van der Waals surface area (Å²) in [6, 6.07) is 16.9. The first-order valence-corrected chi connectivity index (χ1v) is 9.31. The number of nitrogens with zero attached hydrogens (tertiary/aromatic N) is 1. The predicted octanol–water partition coefficient (Wildman–Crippen LogP) is 4.48. The average molecular weight is 331 g/mol. The van der Waals surface area contributed by atoms with Crippen molar-refractivity contribution in [2.24, 2.45) is 0 Å². The third-order valence-corrected chi connectivity index (χ3v) is 6.50. The van der Waals surface area contributed by atoms with Gasteiger partial charge in [-0.2, -0.15) is 0 Å². The topological polar surface area (TPSA) is 12.5 Å². The molecule has 2 atom stereocenters. The zero-order valence-corrected chi connectivity index (χ0v) is 15.3. The fourth-order valence-corrected chi connectivity index (χ4v) is 4.87. The molecule has 0 spiro atoms. The van der Waals surface area contributed by atoms with E-state index in [-0.39, 0.29) is 5.41 Å². The van der Waals surface area contributed by atoms with E-state index in [1.807, 2.05) is 0 Å². The highest BCUT2D eigenvalue weighted by atomic mass is 16.5. The maximum Gasteiger partial charge on any atom is 0.0658 e. The lowest BCUT2D eigenvalue weighted by Gasteiger charge is -2.42.